The minimum absolute atomic E-state index is 0.0181. The van der Waals surface area contributed by atoms with Crippen LogP contribution in [0, 0.1) is 22.7 Å². The lowest BCUT2D eigenvalue weighted by Gasteiger charge is -2.64. The van der Waals surface area contributed by atoms with Crippen LogP contribution in [-0.4, -0.2) is 86.3 Å². The predicted octanol–water partition coefficient (Wildman–Crippen LogP) is 1.84. The number of carbonyl (C=O) groups excluding carboxylic acids is 4. The summed E-state index contributed by atoms with van der Waals surface area (Å²) >= 11 is 0. The lowest BCUT2D eigenvalue weighted by molar-refractivity contribution is -0.302. The van der Waals surface area contributed by atoms with Gasteiger partial charge in [-0.2, -0.15) is 0 Å². The fourth-order valence-electron chi connectivity index (χ4n) is 9.96. The molecule has 0 aromatic carbocycles. The molecular formula is C32H42O11. The third kappa shape index (κ3) is 3.56. The van der Waals surface area contributed by atoms with Gasteiger partial charge in [-0.1, -0.05) is 11.6 Å². The second-order valence-electron chi connectivity index (χ2n) is 14.2. The van der Waals surface area contributed by atoms with Crippen LogP contribution in [0.1, 0.15) is 80.1 Å². The van der Waals surface area contributed by atoms with Crippen LogP contribution in [0.5, 0.6) is 0 Å². The van der Waals surface area contributed by atoms with Gasteiger partial charge in [0.15, 0.2) is 5.78 Å². The molecule has 3 N–H and O–H groups in total. The number of cyclic esters (lactones) is 1. The lowest BCUT2D eigenvalue weighted by Crippen LogP contribution is -2.76. The number of epoxide rings is 1. The Balaban J connectivity index is 1.53. The Morgan fingerprint density at radius 3 is 2.47 bits per heavy atom. The summed E-state index contributed by atoms with van der Waals surface area (Å²) in [5.41, 5.74) is -8.89. The van der Waals surface area contributed by atoms with E-state index in [1.807, 2.05) is 13.0 Å². The average molecular weight is 603 g/mol. The van der Waals surface area contributed by atoms with Crippen molar-refractivity contribution in [2.45, 2.75) is 121 Å². The summed E-state index contributed by atoms with van der Waals surface area (Å²) in [5, 5.41) is 38.5. The molecule has 43 heavy (non-hydrogen) atoms. The number of ketones is 1. The highest BCUT2D eigenvalue weighted by molar-refractivity contribution is 5.98. The Hall–Kier alpha value is -2.60. The van der Waals surface area contributed by atoms with E-state index >= 15 is 0 Å². The topological polar surface area (TPSA) is 169 Å². The monoisotopic (exact) mass is 602 g/mol. The quantitative estimate of drug-likeness (QED) is 0.238. The van der Waals surface area contributed by atoms with E-state index in [0.29, 0.717) is 30.4 Å². The van der Waals surface area contributed by atoms with Crippen LogP contribution in [0.2, 0.25) is 0 Å². The maximum absolute atomic E-state index is 13.6. The van der Waals surface area contributed by atoms with Gasteiger partial charge in [0, 0.05) is 32.3 Å². The zero-order valence-corrected chi connectivity index (χ0v) is 25.6. The maximum atomic E-state index is 13.6. The van der Waals surface area contributed by atoms with E-state index in [-0.39, 0.29) is 24.7 Å². The summed E-state index contributed by atoms with van der Waals surface area (Å²) in [7, 11) is 0. The van der Waals surface area contributed by atoms with Gasteiger partial charge >= 0.3 is 17.9 Å². The van der Waals surface area contributed by atoms with Crippen LogP contribution in [0.4, 0.5) is 0 Å². The normalized spacial score (nSPS) is 47.8. The first-order valence-corrected chi connectivity index (χ1v) is 15.2. The molecule has 3 saturated carbocycles. The van der Waals surface area contributed by atoms with E-state index in [9.17, 15) is 34.5 Å². The zero-order valence-electron chi connectivity index (χ0n) is 25.6. The number of aliphatic hydroxyl groups is 3. The average Bonchev–Trinajstić information content (AvgIpc) is 3.59. The third-order valence-electron chi connectivity index (χ3n) is 12.6. The Labute approximate surface area is 250 Å². The first-order chi connectivity index (χ1) is 19.9. The molecule has 6 rings (SSSR count). The Bertz CT molecular complexity index is 1360. The summed E-state index contributed by atoms with van der Waals surface area (Å²) in [6.07, 6.45) is 1.40. The molecule has 0 aromatic heterocycles. The zero-order chi connectivity index (χ0) is 31.5. The van der Waals surface area contributed by atoms with Gasteiger partial charge in [-0.25, -0.2) is 4.79 Å². The highest BCUT2D eigenvalue weighted by Crippen LogP contribution is 2.75. The molecule has 0 radical (unpaired) electrons. The SMILES string of the molecule is CC(=O)OC[C@]12CC[C@H]3[C@@H](C[C@@H]4O[C@@]45CC=CC(=O)[C@]35C)[C@]1(O)[C@@H](OC(C)=O)C[C@@]2(O)[C@@](C)(O)[C@H]1CC(C)=C(C)C(=O)O1. The van der Waals surface area contributed by atoms with Crippen molar-refractivity contribution in [3.8, 4) is 0 Å². The van der Waals surface area contributed by atoms with Crippen molar-refractivity contribution in [2.75, 3.05) is 6.61 Å². The molecule has 0 unspecified atom stereocenters. The van der Waals surface area contributed by atoms with Gasteiger partial charge < -0.3 is 34.3 Å². The van der Waals surface area contributed by atoms with E-state index < -0.39 is 88.2 Å². The number of esters is 3. The molecule has 0 aromatic rings. The first kappa shape index (κ1) is 30.4. The van der Waals surface area contributed by atoms with E-state index in [4.69, 9.17) is 18.9 Å². The molecule has 11 atom stereocenters. The summed E-state index contributed by atoms with van der Waals surface area (Å²) in [4.78, 5) is 51.2. The molecule has 0 bridgehead atoms. The molecule has 4 aliphatic carbocycles. The van der Waals surface area contributed by atoms with Crippen molar-refractivity contribution in [1.82, 2.24) is 0 Å². The van der Waals surface area contributed by atoms with E-state index in [1.165, 1.54) is 20.8 Å². The van der Waals surface area contributed by atoms with Crippen molar-refractivity contribution < 1.29 is 53.4 Å². The van der Waals surface area contributed by atoms with Crippen LogP contribution < -0.4 is 0 Å². The highest BCUT2D eigenvalue weighted by Gasteiger charge is 2.86. The minimum atomic E-state index is -2.28. The number of carbonyl (C=O) groups is 4. The van der Waals surface area contributed by atoms with Crippen LogP contribution in [0.25, 0.3) is 0 Å². The van der Waals surface area contributed by atoms with Gasteiger partial charge in [0.05, 0.1) is 16.9 Å². The molecule has 6 aliphatic rings. The molecular weight excluding hydrogens is 560 g/mol. The molecule has 4 fully saturated rings. The van der Waals surface area contributed by atoms with Crippen LogP contribution >= 0.6 is 0 Å². The van der Waals surface area contributed by atoms with Gasteiger partial charge in [0.1, 0.15) is 41.2 Å². The molecule has 2 heterocycles. The molecule has 1 saturated heterocycles. The highest BCUT2D eigenvalue weighted by atomic mass is 16.6. The maximum Gasteiger partial charge on any atom is 0.334 e. The van der Waals surface area contributed by atoms with Gasteiger partial charge in [-0.05, 0) is 71.3 Å². The molecule has 236 valence electrons. The molecule has 1 spiro atoms. The summed E-state index contributed by atoms with van der Waals surface area (Å²) < 4.78 is 23.3. The van der Waals surface area contributed by atoms with Crippen LogP contribution in [0.15, 0.2) is 23.3 Å². The van der Waals surface area contributed by atoms with Gasteiger partial charge in [0.25, 0.3) is 0 Å². The number of ether oxygens (including phenoxy) is 4. The second kappa shape index (κ2) is 9.22. The van der Waals surface area contributed by atoms with Gasteiger partial charge in [-0.3, -0.25) is 14.4 Å². The predicted molar refractivity (Wildman–Crippen MR) is 148 cm³/mol. The number of fused-ring (bicyclic) bond motifs is 4. The fraction of sp³-hybridized carbons (Fsp3) is 0.750. The lowest BCUT2D eigenvalue weighted by atomic mass is 9.42. The standard InChI is InChI=1S/C32H42O11/c1-16-12-23(42-26(36)17(16)2)28(6,37)31(38)14-25(41-19(4)34)32(39)21-13-24-30(43-24)10-7-8-22(35)27(30,5)20(21)9-11-29(31,32)15-40-18(3)33/h7-8,20-21,23-25,37-39H,9-15H2,1-6H3/t20-,21+,23+,24-,25-,27-,28-,29-,30-,31+,32-/m0/s1. The molecule has 11 nitrogen and oxygen atoms in total. The Kier molecular flexibility index (Phi) is 6.52. The van der Waals surface area contributed by atoms with E-state index in [2.05, 4.69) is 0 Å². The summed E-state index contributed by atoms with van der Waals surface area (Å²) in [6.45, 7) is 8.49. The Morgan fingerprint density at radius 2 is 1.84 bits per heavy atom. The van der Waals surface area contributed by atoms with E-state index in [1.54, 1.807) is 19.9 Å². The second-order valence-corrected chi connectivity index (χ2v) is 14.2. The van der Waals surface area contributed by atoms with Gasteiger partial charge in [-0.15, -0.1) is 0 Å². The molecule has 0 amide bonds. The van der Waals surface area contributed by atoms with Crippen molar-refractivity contribution >= 4 is 23.7 Å². The van der Waals surface area contributed by atoms with E-state index in [0.717, 1.165) is 0 Å². The first-order valence-electron chi connectivity index (χ1n) is 15.2. The van der Waals surface area contributed by atoms with Crippen LogP contribution in [-0.2, 0) is 38.1 Å². The van der Waals surface area contributed by atoms with Crippen LogP contribution in [0.3, 0.4) is 0 Å². The minimum Gasteiger partial charge on any atom is -0.465 e. The van der Waals surface area contributed by atoms with Crippen molar-refractivity contribution in [3.63, 3.8) is 0 Å². The number of allylic oxidation sites excluding steroid dienone is 1. The molecule has 11 heteroatoms. The number of hydrogen-bond donors (Lipinski definition) is 3. The number of hydrogen-bond acceptors (Lipinski definition) is 11. The summed E-state index contributed by atoms with van der Waals surface area (Å²) in [6, 6.07) is 0. The smallest absolute Gasteiger partial charge is 0.334 e. The van der Waals surface area contributed by atoms with Crippen molar-refractivity contribution in [3.05, 3.63) is 23.3 Å². The molecule has 2 aliphatic heterocycles. The number of rotatable bonds is 5. The van der Waals surface area contributed by atoms with Crippen molar-refractivity contribution in [1.29, 1.82) is 0 Å². The Morgan fingerprint density at radius 1 is 1.14 bits per heavy atom. The third-order valence-corrected chi connectivity index (χ3v) is 12.6. The fourth-order valence-corrected chi connectivity index (χ4v) is 9.96. The largest absolute Gasteiger partial charge is 0.465 e. The van der Waals surface area contributed by atoms with Crippen molar-refractivity contribution in [2.24, 2.45) is 22.7 Å². The van der Waals surface area contributed by atoms with Gasteiger partial charge in [0.2, 0.25) is 0 Å². The summed E-state index contributed by atoms with van der Waals surface area (Å²) in [5.74, 6) is -3.27.